The molecule has 69 heavy (non-hydrogen) atoms. The molecule has 18 nitrogen and oxygen atoms in total. The van der Waals surface area contributed by atoms with E-state index in [-0.39, 0.29) is 12.8 Å². The van der Waals surface area contributed by atoms with Gasteiger partial charge in [-0.25, -0.2) is 0 Å². The molecule has 0 heterocycles. The maximum Gasteiger partial charge on any atom is 0.325 e. The van der Waals surface area contributed by atoms with E-state index in [2.05, 4.69) is 37.2 Å². The minimum atomic E-state index is -1.71. The summed E-state index contributed by atoms with van der Waals surface area (Å²) in [5, 5.41) is 40.3. The zero-order valence-corrected chi connectivity index (χ0v) is 40.8. The number of aliphatic hydroxyl groups excluding tert-OH is 1. The van der Waals surface area contributed by atoms with E-state index in [0.717, 1.165) is 16.3 Å². The van der Waals surface area contributed by atoms with Crippen molar-refractivity contribution in [3.8, 4) is 0 Å². The van der Waals surface area contributed by atoms with Crippen LogP contribution in [-0.4, -0.2) is 104 Å². The molecule has 0 aliphatic carbocycles. The number of nitrogens with two attached hydrogens (primary N) is 1. The van der Waals surface area contributed by atoms with Crippen LogP contribution >= 0.6 is 0 Å². The molecular weight excluding hydrogens is 885 g/mol. The summed E-state index contributed by atoms with van der Waals surface area (Å²) >= 11 is 0. The Morgan fingerprint density at radius 1 is 0.493 bits per heavy atom. The Morgan fingerprint density at radius 3 is 1.41 bits per heavy atom. The molecule has 0 radical (unpaired) electrons. The second-order valence-corrected chi connectivity index (χ2v) is 19.5. The van der Waals surface area contributed by atoms with Gasteiger partial charge in [0.1, 0.15) is 46.9 Å². The number of carbonyl (C=O) groups is 8. The van der Waals surface area contributed by atoms with Crippen molar-refractivity contribution in [2.45, 2.75) is 135 Å². The molecule has 0 aliphatic heterocycles. The second-order valence-electron chi connectivity index (χ2n) is 19.5. The number of hydrogen-bond acceptors (Lipinski definition) is 10. The highest BCUT2D eigenvalue weighted by Gasteiger charge is 2.39. The molecule has 11 N–H and O–H groups in total. The average Bonchev–Trinajstić information content (AvgIpc) is 3.27. The van der Waals surface area contributed by atoms with Gasteiger partial charge in [-0.1, -0.05) is 97.1 Å². The van der Waals surface area contributed by atoms with Gasteiger partial charge in [-0.05, 0) is 102 Å². The van der Waals surface area contributed by atoms with Gasteiger partial charge in [0, 0.05) is 12.8 Å². The number of benzene rings is 4. The van der Waals surface area contributed by atoms with E-state index < -0.39 is 99.7 Å². The first-order chi connectivity index (χ1) is 32.0. The maximum atomic E-state index is 14.0. The number of carboxylic acid groups (broad SMARTS) is 1. The smallest absolute Gasteiger partial charge is 0.325 e. The summed E-state index contributed by atoms with van der Waals surface area (Å²) in [4.78, 5) is 107. The van der Waals surface area contributed by atoms with Crippen molar-refractivity contribution in [2.75, 3.05) is 0 Å². The summed E-state index contributed by atoms with van der Waals surface area (Å²) in [5.74, 6) is -6.56. The lowest BCUT2D eigenvalue weighted by molar-refractivity contribution is -0.142. The Bertz CT molecular complexity index is 2540. The van der Waals surface area contributed by atoms with Gasteiger partial charge < -0.3 is 53.2 Å². The number of aliphatic carboxylic acids is 1. The minimum Gasteiger partial charge on any atom is -0.480 e. The zero-order chi connectivity index (χ0) is 51.6. The van der Waals surface area contributed by atoms with E-state index in [4.69, 9.17) is 5.73 Å². The topological polar surface area (TPSA) is 287 Å². The highest BCUT2D eigenvalue weighted by atomic mass is 16.4. The van der Waals surface area contributed by atoms with Crippen molar-refractivity contribution in [1.82, 2.24) is 37.2 Å². The van der Waals surface area contributed by atoms with Crippen LogP contribution in [-0.2, 0) is 51.2 Å². The lowest BCUT2D eigenvalue weighted by Gasteiger charge is -2.32. The van der Waals surface area contributed by atoms with E-state index in [1.807, 2.05) is 48.5 Å². The Labute approximate surface area is 402 Å². The van der Waals surface area contributed by atoms with E-state index in [9.17, 15) is 48.6 Å². The molecule has 0 aromatic heterocycles. The summed E-state index contributed by atoms with van der Waals surface area (Å²) in [7, 11) is 0. The fourth-order valence-electron chi connectivity index (χ4n) is 6.86. The van der Waals surface area contributed by atoms with Gasteiger partial charge in [0.2, 0.25) is 41.4 Å². The lowest BCUT2D eigenvalue weighted by atomic mass is 9.96. The van der Waals surface area contributed by atoms with Crippen LogP contribution in [0.1, 0.15) is 97.6 Å². The number of amides is 7. The predicted molar refractivity (Wildman–Crippen MR) is 260 cm³/mol. The fourth-order valence-corrected chi connectivity index (χ4v) is 6.86. The quantitative estimate of drug-likeness (QED) is 0.0578. The van der Waals surface area contributed by atoms with Crippen molar-refractivity contribution < 1.29 is 48.6 Å². The zero-order valence-electron chi connectivity index (χ0n) is 40.8. The SMILES string of the molecule is CC(NC(=O)C(C)(C)NC(=O)C(Cc1ccc([C@H](O)c2ccccc2)cc1)NC(=O)C(C)(C)NC(=O)C(C)NC(=O)C(C)(C)NC(=O)C(Cc1ccc2ccccc2c1)NC(=O)C(C)(C)N)C(=O)O. The molecule has 4 unspecified atom stereocenters. The Morgan fingerprint density at radius 2 is 0.899 bits per heavy atom. The molecule has 7 amide bonds. The third-order valence-corrected chi connectivity index (χ3v) is 11.4. The van der Waals surface area contributed by atoms with Gasteiger partial charge in [0.15, 0.2) is 0 Å². The molecule has 0 saturated carbocycles. The van der Waals surface area contributed by atoms with Crippen LogP contribution in [0, 0.1) is 0 Å². The van der Waals surface area contributed by atoms with Crippen molar-refractivity contribution in [3.05, 3.63) is 119 Å². The Balaban J connectivity index is 1.47. The normalized spacial score (nSPS) is 14.1. The van der Waals surface area contributed by atoms with Crippen molar-refractivity contribution in [3.63, 3.8) is 0 Å². The first kappa shape index (κ1) is 54.4. The van der Waals surface area contributed by atoms with Crippen molar-refractivity contribution in [1.29, 1.82) is 0 Å². The fraction of sp³-hybridized carbons (Fsp3) is 0.412. The van der Waals surface area contributed by atoms with Crippen LogP contribution in [0.2, 0.25) is 0 Å². The summed E-state index contributed by atoms with van der Waals surface area (Å²) in [6.45, 7) is 14.0. The monoisotopic (exact) mass is 950 g/mol. The summed E-state index contributed by atoms with van der Waals surface area (Å²) in [6.07, 6.45) is -0.981. The predicted octanol–water partition coefficient (Wildman–Crippen LogP) is 2.19. The summed E-state index contributed by atoms with van der Waals surface area (Å²) in [6, 6.07) is 23.9. The molecule has 0 aliphatic rings. The van der Waals surface area contributed by atoms with Crippen LogP contribution in [0.15, 0.2) is 97.1 Å². The van der Waals surface area contributed by atoms with E-state index in [1.54, 1.807) is 48.5 Å². The minimum absolute atomic E-state index is 0.0684. The second kappa shape index (κ2) is 22.3. The average molecular weight is 951 g/mol. The van der Waals surface area contributed by atoms with Crippen LogP contribution in [0.25, 0.3) is 10.8 Å². The standard InChI is InChI=1S/C51H66N8O10/c1-29(53-45(67)49(5,6)59-42(63)38(55-44(66)48(3,4)52)28-32-22-23-33-16-14-15-19-36(33)26-32)40(61)57-51(9,10)47(69)56-37(41(62)58-50(7,8)46(68)54-30(2)43(64)65)27-31-20-24-35(25-21-31)39(60)34-17-12-11-13-18-34/h11-26,29-30,37-39,60H,27-28,52H2,1-10H3,(H,53,67)(H,54,68)(H,55,66)(H,56,69)(H,57,61)(H,58,62)(H,59,63)(H,64,65)/t29?,30?,37?,38?,39-/m1/s1. The number of carboxylic acids is 1. The number of hydrogen-bond donors (Lipinski definition) is 10. The van der Waals surface area contributed by atoms with Gasteiger partial charge in [0.05, 0.1) is 5.54 Å². The third kappa shape index (κ3) is 15.2. The maximum absolute atomic E-state index is 14.0. The lowest BCUT2D eigenvalue weighted by Crippen LogP contribution is -2.65. The first-order valence-corrected chi connectivity index (χ1v) is 22.5. The number of rotatable bonds is 21. The van der Waals surface area contributed by atoms with Crippen LogP contribution < -0.4 is 43.0 Å². The molecule has 0 spiro atoms. The summed E-state index contributed by atoms with van der Waals surface area (Å²) < 4.78 is 0. The first-order valence-electron chi connectivity index (χ1n) is 22.5. The molecule has 0 saturated heterocycles. The van der Waals surface area contributed by atoms with Gasteiger partial charge in [-0.15, -0.1) is 0 Å². The number of aliphatic hydroxyl groups is 1. The molecule has 0 fully saturated rings. The molecular formula is C51H66N8O10. The largest absolute Gasteiger partial charge is 0.480 e. The molecule has 5 atom stereocenters. The van der Waals surface area contributed by atoms with Crippen molar-refractivity contribution in [2.24, 2.45) is 5.73 Å². The Hall–Kier alpha value is -7.18. The van der Waals surface area contributed by atoms with Crippen molar-refractivity contribution >= 4 is 58.1 Å². The van der Waals surface area contributed by atoms with Gasteiger partial charge >= 0.3 is 5.97 Å². The number of carbonyl (C=O) groups excluding carboxylic acids is 7. The van der Waals surface area contributed by atoms with Crippen LogP contribution in [0.5, 0.6) is 0 Å². The summed E-state index contributed by atoms with van der Waals surface area (Å²) in [5.41, 5.74) is 2.26. The van der Waals surface area contributed by atoms with E-state index in [1.165, 1.54) is 69.2 Å². The van der Waals surface area contributed by atoms with Gasteiger partial charge in [-0.3, -0.25) is 38.4 Å². The van der Waals surface area contributed by atoms with Crippen LogP contribution in [0.4, 0.5) is 0 Å². The Kier molecular flexibility index (Phi) is 17.6. The molecule has 4 rings (SSSR count). The molecule has 18 heteroatoms. The molecule has 0 bridgehead atoms. The third-order valence-electron chi connectivity index (χ3n) is 11.4. The highest BCUT2D eigenvalue weighted by Crippen LogP contribution is 2.23. The van der Waals surface area contributed by atoms with E-state index in [0.29, 0.717) is 16.7 Å². The number of nitrogens with one attached hydrogen (secondary N) is 7. The molecule has 4 aromatic rings. The van der Waals surface area contributed by atoms with E-state index >= 15 is 0 Å². The van der Waals surface area contributed by atoms with Gasteiger partial charge in [-0.2, -0.15) is 0 Å². The number of fused-ring (bicyclic) bond motifs is 1. The van der Waals surface area contributed by atoms with Gasteiger partial charge in [0.25, 0.3) is 0 Å². The molecule has 4 aromatic carbocycles. The van der Waals surface area contributed by atoms with Crippen LogP contribution in [0.3, 0.4) is 0 Å². The highest BCUT2D eigenvalue weighted by molar-refractivity contribution is 6.00. The molecule has 370 valence electrons.